The van der Waals surface area contributed by atoms with Crippen molar-refractivity contribution in [2.24, 2.45) is 0 Å². The summed E-state index contributed by atoms with van der Waals surface area (Å²) in [6.07, 6.45) is 0.939. The van der Waals surface area contributed by atoms with E-state index >= 15 is 0 Å². The lowest BCUT2D eigenvalue weighted by molar-refractivity contribution is 0.355. The Morgan fingerprint density at radius 3 is 2.39 bits per heavy atom. The van der Waals surface area contributed by atoms with E-state index in [4.69, 9.17) is 9.47 Å². The summed E-state index contributed by atoms with van der Waals surface area (Å²) < 4.78 is 24.6. The average Bonchev–Trinajstić information content (AvgIpc) is 2.84. The number of nitrogens with one attached hydrogen (secondary N) is 2. The lowest BCUT2D eigenvalue weighted by Gasteiger charge is -2.20. The van der Waals surface area contributed by atoms with Crippen molar-refractivity contribution in [2.75, 3.05) is 14.2 Å². The highest BCUT2D eigenvalue weighted by Crippen LogP contribution is 2.30. The van der Waals surface area contributed by atoms with E-state index in [2.05, 4.69) is 34.3 Å². The van der Waals surface area contributed by atoms with Crippen molar-refractivity contribution in [2.45, 2.75) is 25.9 Å². The monoisotopic (exact) mass is 447 g/mol. The first kappa shape index (κ1) is 22.5. The van der Waals surface area contributed by atoms with Crippen LogP contribution in [0.25, 0.3) is 10.9 Å². The summed E-state index contributed by atoms with van der Waals surface area (Å²) in [5.74, 6) is 1.12. The van der Waals surface area contributed by atoms with Crippen LogP contribution >= 0.6 is 0 Å². The molecule has 170 valence electrons. The minimum absolute atomic E-state index is 0.271. The van der Waals surface area contributed by atoms with Gasteiger partial charge in [0.05, 0.1) is 37.7 Å². The predicted octanol–water partition coefficient (Wildman–Crippen LogP) is 4.52. The summed E-state index contributed by atoms with van der Waals surface area (Å²) in [6.45, 7) is 2.37. The molecule has 0 bridgehead atoms. The summed E-state index contributed by atoms with van der Waals surface area (Å²) >= 11 is 0. The first-order valence-corrected chi connectivity index (χ1v) is 10.7. The normalized spacial score (nSPS) is 12.0. The molecule has 0 aliphatic rings. The number of hydrogen-bond donors (Lipinski definition) is 2. The number of benzene rings is 3. The number of aromatic nitrogens is 2. The molecule has 33 heavy (non-hydrogen) atoms. The van der Waals surface area contributed by atoms with Crippen molar-refractivity contribution in [3.63, 3.8) is 0 Å². The van der Waals surface area contributed by atoms with E-state index in [9.17, 15) is 9.18 Å². The molecule has 2 N–H and O–H groups in total. The number of ether oxygens (including phenoxy) is 2. The number of H-pyrrole nitrogens is 1. The summed E-state index contributed by atoms with van der Waals surface area (Å²) in [6, 6.07) is 17.7. The molecule has 0 radical (unpaired) electrons. The fourth-order valence-corrected chi connectivity index (χ4v) is 3.86. The first-order chi connectivity index (χ1) is 16.0. The van der Waals surface area contributed by atoms with Crippen molar-refractivity contribution >= 4 is 10.9 Å². The van der Waals surface area contributed by atoms with Gasteiger partial charge in [-0.25, -0.2) is 9.37 Å². The maximum absolute atomic E-state index is 14.0. The second-order valence-electron chi connectivity index (χ2n) is 7.70. The summed E-state index contributed by atoms with van der Waals surface area (Å²) in [4.78, 5) is 20.1. The van der Waals surface area contributed by atoms with Crippen molar-refractivity contribution < 1.29 is 13.9 Å². The zero-order chi connectivity index (χ0) is 23.4. The lowest BCUT2D eigenvalue weighted by atomic mass is 9.97. The van der Waals surface area contributed by atoms with Crippen LogP contribution in [0, 0.1) is 5.82 Å². The van der Waals surface area contributed by atoms with Gasteiger partial charge in [-0.3, -0.25) is 10.1 Å². The van der Waals surface area contributed by atoms with Gasteiger partial charge in [0.1, 0.15) is 11.6 Å². The van der Waals surface area contributed by atoms with Gasteiger partial charge in [-0.1, -0.05) is 43.3 Å². The Hall–Kier alpha value is -3.71. The smallest absolute Gasteiger partial charge is 0.258 e. The molecule has 0 saturated carbocycles. The van der Waals surface area contributed by atoms with Crippen LogP contribution in [0.3, 0.4) is 0 Å². The second kappa shape index (κ2) is 9.83. The number of fused-ring (bicyclic) bond motifs is 1. The summed E-state index contributed by atoms with van der Waals surface area (Å²) in [5.41, 5.74) is 3.23. The van der Waals surface area contributed by atoms with Gasteiger partial charge in [0, 0.05) is 6.07 Å². The Bertz CT molecular complexity index is 1320. The fourth-order valence-electron chi connectivity index (χ4n) is 3.86. The maximum atomic E-state index is 14.0. The SMILES string of the molecule is CCc1ccc([C@H](NCc2nc3cc(OC)c(OC)cc3c(=O)[nH]2)c2cccc(F)c2)cc1. The van der Waals surface area contributed by atoms with Crippen LogP contribution in [0.1, 0.15) is 35.5 Å². The maximum Gasteiger partial charge on any atom is 0.258 e. The first-order valence-electron chi connectivity index (χ1n) is 10.7. The molecular formula is C26H26FN3O3. The third kappa shape index (κ3) is 4.88. The predicted molar refractivity (Wildman–Crippen MR) is 126 cm³/mol. The Labute approximate surface area is 191 Å². The van der Waals surface area contributed by atoms with E-state index < -0.39 is 0 Å². The molecule has 7 heteroatoms. The van der Waals surface area contributed by atoms with Gasteiger partial charge in [0.25, 0.3) is 5.56 Å². The van der Waals surface area contributed by atoms with Crippen LogP contribution in [0.4, 0.5) is 4.39 Å². The molecule has 0 fully saturated rings. The van der Waals surface area contributed by atoms with Crippen LogP contribution in [-0.4, -0.2) is 24.2 Å². The van der Waals surface area contributed by atoms with Crippen LogP contribution in [0.15, 0.2) is 65.5 Å². The Morgan fingerprint density at radius 2 is 1.73 bits per heavy atom. The molecule has 4 aromatic rings. The Balaban J connectivity index is 1.67. The molecule has 4 rings (SSSR count). The summed E-state index contributed by atoms with van der Waals surface area (Å²) in [5, 5.41) is 3.83. The molecule has 1 heterocycles. The Morgan fingerprint density at radius 1 is 1.00 bits per heavy atom. The van der Waals surface area contributed by atoms with E-state index in [0.717, 1.165) is 17.5 Å². The van der Waals surface area contributed by atoms with E-state index in [0.29, 0.717) is 28.2 Å². The van der Waals surface area contributed by atoms with Gasteiger partial charge in [0.2, 0.25) is 0 Å². The Kier molecular flexibility index (Phi) is 6.70. The zero-order valence-corrected chi connectivity index (χ0v) is 18.8. The molecule has 0 aliphatic heterocycles. The molecule has 3 aromatic carbocycles. The van der Waals surface area contributed by atoms with E-state index in [1.54, 1.807) is 18.2 Å². The minimum atomic E-state index is -0.303. The van der Waals surface area contributed by atoms with Gasteiger partial charge in [-0.2, -0.15) is 0 Å². The van der Waals surface area contributed by atoms with E-state index in [1.807, 2.05) is 18.2 Å². The van der Waals surface area contributed by atoms with Crippen molar-refractivity contribution in [3.8, 4) is 11.5 Å². The quantitative estimate of drug-likeness (QED) is 0.415. The van der Waals surface area contributed by atoms with Crippen LogP contribution in [0.2, 0.25) is 0 Å². The van der Waals surface area contributed by atoms with E-state index in [-0.39, 0.29) is 24.0 Å². The number of rotatable bonds is 8. The highest BCUT2D eigenvalue weighted by Gasteiger charge is 2.16. The van der Waals surface area contributed by atoms with Crippen molar-refractivity contribution in [1.82, 2.24) is 15.3 Å². The number of aryl methyl sites for hydroxylation is 1. The van der Waals surface area contributed by atoms with Crippen LogP contribution in [-0.2, 0) is 13.0 Å². The molecule has 0 aliphatic carbocycles. The molecule has 1 aromatic heterocycles. The molecule has 0 amide bonds. The highest BCUT2D eigenvalue weighted by molar-refractivity contribution is 5.81. The van der Waals surface area contributed by atoms with Gasteiger partial charge < -0.3 is 14.5 Å². The molecule has 0 saturated heterocycles. The standard InChI is InChI=1S/C26H26FN3O3/c1-4-16-8-10-17(11-9-16)25(18-6-5-7-19(27)12-18)28-15-24-29-21-14-23(33-3)22(32-2)13-20(21)26(31)30-24/h5-14,25,28H,4,15H2,1-3H3,(H,29,30,31)/t25-/m0/s1. The largest absolute Gasteiger partial charge is 0.493 e. The second-order valence-corrected chi connectivity index (χ2v) is 7.70. The number of methoxy groups -OCH3 is 2. The zero-order valence-electron chi connectivity index (χ0n) is 18.8. The number of aromatic amines is 1. The number of halogens is 1. The van der Waals surface area contributed by atoms with Crippen LogP contribution in [0.5, 0.6) is 11.5 Å². The summed E-state index contributed by atoms with van der Waals surface area (Å²) in [7, 11) is 3.05. The molecule has 1 atom stereocenters. The topological polar surface area (TPSA) is 76.2 Å². The molecule has 6 nitrogen and oxygen atoms in total. The lowest BCUT2D eigenvalue weighted by Crippen LogP contribution is -2.25. The van der Waals surface area contributed by atoms with Gasteiger partial charge in [0.15, 0.2) is 11.5 Å². The van der Waals surface area contributed by atoms with Crippen molar-refractivity contribution in [1.29, 1.82) is 0 Å². The van der Waals surface area contributed by atoms with E-state index in [1.165, 1.54) is 31.9 Å². The third-order valence-corrected chi connectivity index (χ3v) is 5.64. The molecular weight excluding hydrogens is 421 g/mol. The molecule has 0 unspecified atom stereocenters. The number of hydrogen-bond acceptors (Lipinski definition) is 5. The van der Waals surface area contributed by atoms with Gasteiger partial charge in [-0.05, 0) is 41.3 Å². The number of nitrogens with zero attached hydrogens (tertiary/aromatic N) is 1. The average molecular weight is 448 g/mol. The van der Waals surface area contributed by atoms with Crippen LogP contribution < -0.4 is 20.3 Å². The minimum Gasteiger partial charge on any atom is -0.493 e. The highest BCUT2D eigenvalue weighted by atomic mass is 19.1. The van der Waals surface area contributed by atoms with Crippen molar-refractivity contribution in [3.05, 3.63) is 99.3 Å². The van der Waals surface area contributed by atoms with Gasteiger partial charge in [-0.15, -0.1) is 0 Å². The molecule has 0 spiro atoms. The van der Waals surface area contributed by atoms with Gasteiger partial charge >= 0.3 is 0 Å². The fraction of sp³-hybridized carbons (Fsp3) is 0.231. The third-order valence-electron chi connectivity index (χ3n) is 5.64.